The molecular weight excluding hydrogens is 384 g/mol. The first-order valence-electron chi connectivity index (χ1n) is 8.80. The number of hydrogen-bond donors (Lipinski definition) is 0. The molecule has 0 radical (unpaired) electrons. The normalized spacial score (nSPS) is 10.3. The number of halogens is 2. The third kappa shape index (κ3) is 3.60. The maximum atomic E-state index is 13.8. The summed E-state index contributed by atoms with van der Waals surface area (Å²) in [5, 5.41) is 18.3. The predicted molar refractivity (Wildman–Crippen MR) is 105 cm³/mol. The van der Waals surface area contributed by atoms with Crippen molar-refractivity contribution in [1.29, 1.82) is 10.5 Å². The highest BCUT2D eigenvalue weighted by Gasteiger charge is 2.15. The zero-order valence-electron chi connectivity index (χ0n) is 15.3. The van der Waals surface area contributed by atoms with E-state index >= 15 is 0 Å². The number of nitrogens with zero attached hydrogens (tertiary/aromatic N) is 5. The van der Waals surface area contributed by atoms with Gasteiger partial charge in [-0.05, 0) is 36.4 Å². The molecular formula is C23H11F2N5. The molecule has 0 unspecified atom stereocenters. The van der Waals surface area contributed by atoms with E-state index in [2.05, 4.69) is 15.0 Å². The molecule has 0 fully saturated rings. The van der Waals surface area contributed by atoms with E-state index in [0.717, 1.165) is 0 Å². The van der Waals surface area contributed by atoms with Crippen LogP contribution in [0.25, 0.3) is 34.2 Å². The van der Waals surface area contributed by atoms with E-state index in [0.29, 0.717) is 22.5 Å². The van der Waals surface area contributed by atoms with E-state index in [4.69, 9.17) is 10.5 Å². The predicted octanol–water partition coefficient (Wildman–Crippen LogP) is 4.89. The van der Waals surface area contributed by atoms with Gasteiger partial charge in [-0.25, -0.2) is 23.7 Å². The topological polar surface area (TPSA) is 86.2 Å². The van der Waals surface area contributed by atoms with E-state index in [1.54, 1.807) is 12.1 Å². The molecule has 0 aliphatic carbocycles. The Morgan fingerprint density at radius 3 is 1.43 bits per heavy atom. The standard InChI is InChI=1S/C23H11F2N5/c24-19-8-6-15(10-17(19)12-26)22-28-21(14-4-2-1-3-5-14)29-23(30-22)16-7-9-20(25)18(11-16)13-27/h1-11H. The van der Waals surface area contributed by atoms with Crippen LogP contribution in [0.2, 0.25) is 0 Å². The van der Waals surface area contributed by atoms with Gasteiger partial charge in [-0.1, -0.05) is 30.3 Å². The molecule has 0 N–H and O–H groups in total. The summed E-state index contributed by atoms with van der Waals surface area (Å²) < 4.78 is 27.5. The lowest BCUT2D eigenvalue weighted by Gasteiger charge is -2.09. The molecule has 142 valence electrons. The Bertz CT molecular complexity index is 1260. The second-order valence-electron chi connectivity index (χ2n) is 6.29. The summed E-state index contributed by atoms with van der Waals surface area (Å²) in [6, 6.07) is 20.7. The second-order valence-corrected chi connectivity index (χ2v) is 6.29. The molecule has 0 aliphatic heterocycles. The molecule has 7 heteroatoms. The number of rotatable bonds is 3. The van der Waals surface area contributed by atoms with Gasteiger partial charge in [0.25, 0.3) is 0 Å². The molecule has 0 bridgehead atoms. The zero-order chi connectivity index (χ0) is 21.1. The molecule has 4 aromatic rings. The molecule has 30 heavy (non-hydrogen) atoms. The monoisotopic (exact) mass is 395 g/mol. The second kappa shape index (κ2) is 7.86. The van der Waals surface area contributed by atoms with Crippen molar-refractivity contribution in [2.24, 2.45) is 0 Å². The number of hydrogen-bond acceptors (Lipinski definition) is 5. The van der Waals surface area contributed by atoms with E-state index in [-0.39, 0.29) is 22.8 Å². The quantitative estimate of drug-likeness (QED) is 0.493. The van der Waals surface area contributed by atoms with Gasteiger partial charge in [0.05, 0.1) is 11.1 Å². The van der Waals surface area contributed by atoms with Crippen molar-refractivity contribution in [1.82, 2.24) is 15.0 Å². The lowest BCUT2D eigenvalue weighted by Crippen LogP contribution is -2.01. The summed E-state index contributed by atoms with van der Waals surface area (Å²) in [6.45, 7) is 0. The Hall–Kier alpha value is -4.49. The average Bonchev–Trinajstić information content (AvgIpc) is 2.80. The highest BCUT2D eigenvalue weighted by atomic mass is 19.1. The van der Waals surface area contributed by atoms with Gasteiger partial charge in [0.15, 0.2) is 17.5 Å². The smallest absolute Gasteiger partial charge is 0.164 e. The van der Waals surface area contributed by atoms with Crippen LogP contribution in [0.1, 0.15) is 11.1 Å². The molecule has 3 aromatic carbocycles. The zero-order valence-corrected chi connectivity index (χ0v) is 15.3. The van der Waals surface area contributed by atoms with E-state index < -0.39 is 11.6 Å². The molecule has 4 rings (SSSR count). The molecule has 0 aliphatic rings. The largest absolute Gasteiger partial charge is 0.208 e. The van der Waals surface area contributed by atoms with Crippen molar-refractivity contribution in [3.8, 4) is 46.3 Å². The van der Waals surface area contributed by atoms with Gasteiger partial charge < -0.3 is 0 Å². The van der Waals surface area contributed by atoms with Crippen LogP contribution >= 0.6 is 0 Å². The maximum absolute atomic E-state index is 13.8. The van der Waals surface area contributed by atoms with Crippen molar-refractivity contribution < 1.29 is 8.78 Å². The summed E-state index contributed by atoms with van der Waals surface area (Å²) >= 11 is 0. The van der Waals surface area contributed by atoms with Gasteiger partial charge in [-0.3, -0.25) is 0 Å². The first-order chi connectivity index (χ1) is 14.6. The van der Waals surface area contributed by atoms with Gasteiger partial charge in [-0.15, -0.1) is 0 Å². The highest BCUT2D eigenvalue weighted by molar-refractivity contribution is 5.67. The molecule has 5 nitrogen and oxygen atoms in total. The van der Waals surface area contributed by atoms with Crippen molar-refractivity contribution in [3.63, 3.8) is 0 Å². The summed E-state index contributed by atoms with van der Waals surface area (Å²) in [7, 11) is 0. The van der Waals surface area contributed by atoms with Crippen molar-refractivity contribution in [2.75, 3.05) is 0 Å². The molecule has 1 heterocycles. The van der Waals surface area contributed by atoms with E-state index in [1.807, 2.05) is 30.3 Å². The Labute approximate surface area is 170 Å². The minimum atomic E-state index is -0.643. The van der Waals surface area contributed by atoms with Crippen LogP contribution in [-0.4, -0.2) is 15.0 Å². The van der Waals surface area contributed by atoms with Crippen LogP contribution in [0.5, 0.6) is 0 Å². The van der Waals surface area contributed by atoms with Crippen LogP contribution in [0.4, 0.5) is 8.78 Å². The molecule has 0 amide bonds. The first-order valence-corrected chi connectivity index (χ1v) is 8.80. The lowest BCUT2D eigenvalue weighted by molar-refractivity contribution is 0.624. The third-order valence-corrected chi connectivity index (χ3v) is 4.36. The number of benzene rings is 3. The van der Waals surface area contributed by atoms with Crippen LogP contribution in [-0.2, 0) is 0 Å². The summed E-state index contributed by atoms with van der Waals surface area (Å²) in [5.74, 6) is -0.496. The van der Waals surface area contributed by atoms with Gasteiger partial charge in [0.2, 0.25) is 0 Å². The van der Waals surface area contributed by atoms with Gasteiger partial charge in [0.1, 0.15) is 23.8 Å². The highest BCUT2D eigenvalue weighted by Crippen LogP contribution is 2.26. The van der Waals surface area contributed by atoms with Crippen molar-refractivity contribution >= 4 is 0 Å². The molecule has 0 saturated heterocycles. The lowest BCUT2D eigenvalue weighted by atomic mass is 10.1. The molecule has 0 saturated carbocycles. The van der Waals surface area contributed by atoms with Crippen LogP contribution in [0.3, 0.4) is 0 Å². The van der Waals surface area contributed by atoms with Gasteiger partial charge in [-0.2, -0.15) is 10.5 Å². The van der Waals surface area contributed by atoms with E-state index in [1.165, 1.54) is 36.4 Å². The van der Waals surface area contributed by atoms with Gasteiger partial charge >= 0.3 is 0 Å². The third-order valence-electron chi connectivity index (χ3n) is 4.36. The number of aromatic nitrogens is 3. The minimum absolute atomic E-state index is 0.135. The first kappa shape index (κ1) is 18.9. The number of nitriles is 2. The summed E-state index contributed by atoms with van der Waals surface area (Å²) in [6.07, 6.45) is 0. The van der Waals surface area contributed by atoms with Crippen molar-refractivity contribution in [3.05, 3.63) is 89.5 Å². The van der Waals surface area contributed by atoms with Gasteiger partial charge in [0, 0.05) is 16.7 Å². The summed E-state index contributed by atoms with van der Waals surface area (Å²) in [4.78, 5) is 13.4. The van der Waals surface area contributed by atoms with Crippen LogP contribution in [0, 0.1) is 34.3 Å². The Kier molecular flexibility index (Phi) is 4.94. The Balaban J connectivity index is 1.94. The minimum Gasteiger partial charge on any atom is -0.208 e. The van der Waals surface area contributed by atoms with Crippen LogP contribution < -0.4 is 0 Å². The molecule has 0 atom stereocenters. The SMILES string of the molecule is N#Cc1cc(-c2nc(-c3ccccc3)nc(-c3ccc(F)c(C#N)c3)n2)ccc1F. The molecule has 0 spiro atoms. The maximum Gasteiger partial charge on any atom is 0.164 e. The van der Waals surface area contributed by atoms with Crippen molar-refractivity contribution in [2.45, 2.75) is 0 Å². The molecule has 1 aromatic heterocycles. The fraction of sp³-hybridized carbons (Fsp3) is 0. The van der Waals surface area contributed by atoms with E-state index in [9.17, 15) is 8.78 Å². The Morgan fingerprint density at radius 1 is 0.567 bits per heavy atom. The average molecular weight is 395 g/mol. The van der Waals surface area contributed by atoms with Crippen LogP contribution in [0.15, 0.2) is 66.7 Å². The Morgan fingerprint density at radius 2 is 1.00 bits per heavy atom. The fourth-order valence-electron chi connectivity index (χ4n) is 2.85. The summed E-state index contributed by atoms with van der Waals surface area (Å²) in [5.41, 5.74) is 1.30. The fourth-order valence-corrected chi connectivity index (χ4v) is 2.85.